The van der Waals surface area contributed by atoms with E-state index in [9.17, 15) is 18.0 Å². The lowest BCUT2D eigenvalue weighted by molar-refractivity contribution is -0.149. The summed E-state index contributed by atoms with van der Waals surface area (Å²) in [7, 11) is 0. The largest absolute Gasteiger partial charge is 0.478 e. The fourth-order valence-corrected chi connectivity index (χ4v) is 1.40. The summed E-state index contributed by atoms with van der Waals surface area (Å²) in [6.45, 7) is 1.31. The van der Waals surface area contributed by atoms with Crippen molar-refractivity contribution in [3.8, 4) is 0 Å². The van der Waals surface area contributed by atoms with Gasteiger partial charge in [0.25, 0.3) is 0 Å². The van der Waals surface area contributed by atoms with E-state index >= 15 is 0 Å². The number of benzene rings is 1. The molecule has 1 aromatic rings. The monoisotopic (exact) mass is 233 g/mol. The summed E-state index contributed by atoms with van der Waals surface area (Å²) >= 11 is 0. The average Bonchev–Trinajstić information content (AvgIpc) is 2.15. The van der Waals surface area contributed by atoms with E-state index in [-0.39, 0.29) is 16.7 Å². The number of carboxylic acids is 1. The van der Waals surface area contributed by atoms with Crippen LogP contribution in [0.15, 0.2) is 18.2 Å². The molecule has 1 rings (SSSR count). The van der Waals surface area contributed by atoms with E-state index in [0.717, 1.165) is 0 Å². The second kappa shape index (κ2) is 4.13. The third kappa shape index (κ3) is 2.33. The van der Waals surface area contributed by atoms with Crippen LogP contribution in [0, 0.1) is 6.92 Å². The highest BCUT2D eigenvalue weighted by Gasteiger charge is 2.38. The van der Waals surface area contributed by atoms with Gasteiger partial charge in [0, 0.05) is 0 Å². The summed E-state index contributed by atoms with van der Waals surface area (Å²) in [5.74, 6) is -1.27. The lowest BCUT2D eigenvalue weighted by atomic mass is 9.97. The number of halogens is 3. The first kappa shape index (κ1) is 12.5. The molecule has 0 aliphatic carbocycles. The number of hydrogen-bond donors (Lipinski definition) is 2. The minimum atomic E-state index is -4.58. The minimum Gasteiger partial charge on any atom is -0.478 e. The first-order valence-electron chi connectivity index (χ1n) is 4.40. The Morgan fingerprint density at radius 3 is 2.44 bits per heavy atom. The van der Waals surface area contributed by atoms with Crippen LogP contribution in [0.1, 0.15) is 27.5 Å². The van der Waals surface area contributed by atoms with Gasteiger partial charge in [-0.15, -0.1) is 0 Å². The van der Waals surface area contributed by atoms with E-state index in [0.29, 0.717) is 0 Å². The van der Waals surface area contributed by atoms with Crippen molar-refractivity contribution in [2.24, 2.45) is 5.73 Å². The molecule has 1 aromatic carbocycles. The molecule has 0 radical (unpaired) electrons. The number of nitrogens with two attached hydrogens (primary N) is 1. The van der Waals surface area contributed by atoms with Gasteiger partial charge in [-0.2, -0.15) is 13.2 Å². The van der Waals surface area contributed by atoms with Gasteiger partial charge in [-0.1, -0.05) is 12.1 Å². The maximum atomic E-state index is 12.4. The Kier molecular flexibility index (Phi) is 3.23. The second-order valence-electron chi connectivity index (χ2n) is 3.34. The van der Waals surface area contributed by atoms with Crippen molar-refractivity contribution in [3.05, 3.63) is 34.9 Å². The Balaban J connectivity index is 3.26. The van der Waals surface area contributed by atoms with Crippen molar-refractivity contribution < 1.29 is 23.1 Å². The molecular weight excluding hydrogens is 223 g/mol. The Labute approximate surface area is 89.7 Å². The summed E-state index contributed by atoms with van der Waals surface area (Å²) < 4.78 is 37.1. The predicted molar refractivity (Wildman–Crippen MR) is 51.1 cm³/mol. The molecule has 0 heterocycles. The molecule has 0 aliphatic heterocycles. The van der Waals surface area contributed by atoms with Crippen LogP contribution in [0.5, 0.6) is 0 Å². The zero-order chi connectivity index (χ0) is 12.5. The van der Waals surface area contributed by atoms with Crippen LogP contribution in [0.25, 0.3) is 0 Å². The fourth-order valence-electron chi connectivity index (χ4n) is 1.40. The topological polar surface area (TPSA) is 63.3 Å². The molecule has 0 saturated heterocycles. The van der Waals surface area contributed by atoms with Crippen LogP contribution in [0.4, 0.5) is 13.2 Å². The summed E-state index contributed by atoms with van der Waals surface area (Å²) in [4.78, 5) is 10.7. The molecule has 0 spiro atoms. The molecule has 0 bridgehead atoms. The molecule has 0 fully saturated rings. The standard InChI is InChI=1S/C10H10F3NO2/c1-5-6(8(14)10(11,12)13)3-2-4-7(5)9(15)16/h2-4,8H,14H2,1H3,(H,15,16)/t8-/m1/s1. The molecule has 0 saturated carbocycles. The highest BCUT2D eigenvalue weighted by molar-refractivity contribution is 5.89. The molecule has 88 valence electrons. The molecular formula is C10H10F3NO2. The molecule has 3 nitrogen and oxygen atoms in total. The zero-order valence-corrected chi connectivity index (χ0v) is 8.38. The van der Waals surface area contributed by atoms with Crippen molar-refractivity contribution in [1.29, 1.82) is 0 Å². The van der Waals surface area contributed by atoms with Crippen LogP contribution in [0.3, 0.4) is 0 Å². The lowest BCUT2D eigenvalue weighted by Gasteiger charge is -2.18. The number of alkyl halides is 3. The van der Waals surface area contributed by atoms with Gasteiger partial charge in [0.05, 0.1) is 5.56 Å². The third-order valence-corrected chi connectivity index (χ3v) is 2.29. The maximum absolute atomic E-state index is 12.4. The second-order valence-corrected chi connectivity index (χ2v) is 3.34. The molecule has 6 heteroatoms. The van der Waals surface area contributed by atoms with E-state index in [2.05, 4.69) is 0 Å². The smallest absolute Gasteiger partial charge is 0.407 e. The van der Waals surface area contributed by atoms with Gasteiger partial charge in [-0.25, -0.2) is 4.79 Å². The number of rotatable bonds is 2. The highest BCUT2D eigenvalue weighted by atomic mass is 19.4. The minimum absolute atomic E-state index is 0.0415. The van der Waals surface area contributed by atoms with Crippen LogP contribution < -0.4 is 5.73 Å². The van der Waals surface area contributed by atoms with Crippen molar-refractivity contribution in [2.75, 3.05) is 0 Å². The molecule has 0 amide bonds. The van der Waals surface area contributed by atoms with Crippen LogP contribution >= 0.6 is 0 Å². The Hall–Kier alpha value is -1.56. The SMILES string of the molecule is Cc1c(C(=O)O)cccc1[C@@H](N)C(F)(F)F. The van der Waals surface area contributed by atoms with Crippen molar-refractivity contribution in [1.82, 2.24) is 0 Å². The van der Waals surface area contributed by atoms with Crippen LogP contribution in [-0.4, -0.2) is 17.3 Å². The van der Waals surface area contributed by atoms with Crippen molar-refractivity contribution in [3.63, 3.8) is 0 Å². The number of hydrogen-bond acceptors (Lipinski definition) is 2. The van der Waals surface area contributed by atoms with Crippen LogP contribution in [-0.2, 0) is 0 Å². The summed E-state index contributed by atoms with van der Waals surface area (Å²) in [5.41, 5.74) is 4.68. The lowest BCUT2D eigenvalue weighted by Crippen LogP contribution is -2.29. The molecule has 16 heavy (non-hydrogen) atoms. The Morgan fingerprint density at radius 1 is 1.44 bits per heavy atom. The van der Waals surface area contributed by atoms with E-state index in [1.807, 2.05) is 0 Å². The zero-order valence-electron chi connectivity index (χ0n) is 8.38. The van der Waals surface area contributed by atoms with Gasteiger partial charge in [0.2, 0.25) is 0 Å². The number of carboxylic acid groups (broad SMARTS) is 1. The van der Waals surface area contributed by atoms with Gasteiger partial charge < -0.3 is 10.8 Å². The van der Waals surface area contributed by atoms with E-state index in [1.165, 1.54) is 25.1 Å². The van der Waals surface area contributed by atoms with Crippen molar-refractivity contribution >= 4 is 5.97 Å². The summed E-state index contributed by atoms with van der Waals surface area (Å²) in [5, 5.41) is 8.75. The Bertz CT molecular complexity index is 415. The van der Waals surface area contributed by atoms with Crippen LogP contribution in [0.2, 0.25) is 0 Å². The van der Waals surface area contributed by atoms with Crippen molar-refractivity contribution in [2.45, 2.75) is 19.1 Å². The normalized spacial score (nSPS) is 13.6. The highest BCUT2D eigenvalue weighted by Crippen LogP contribution is 2.32. The van der Waals surface area contributed by atoms with E-state index in [4.69, 9.17) is 10.8 Å². The third-order valence-electron chi connectivity index (χ3n) is 2.29. The van der Waals surface area contributed by atoms with Gasteiger partial charge >= 0.3 is 12.1 Å². The van der Waals surface area contributed by atoms with Gasteiger partial charge in [0.1, 0.15) is 6.04 Å². The molecule has 0 aromatic heterocycles. The fraction of sp³-hybridized carbons (Fsp3) is 0.300. The molecule has 1 atom stereocenters. The maximum Gasteiger partial charge on any atom is 0.407 e. The average molecular weight is 233 g/mol. The number of carbonyl (C=O) groups is 1. The molecule has 0 aliphatic rings. The van der Waals surface area contributed by atoms with E-state index in [1.54, 1.807) is 0 Å². The van der Waals surface area contributed by atoms with Gasteiger partial charge in [-0.3, -0.25) is 0 Å². The first-order valence-corrected chi connectivity index (χ1v) is 4.40. The quantitative estimate of drug-likeness (QED) is 0.823. The first-order chi connectivity index (χ1) is 7.25. The molecule has 3 N–H and O–H groups in total. The molecule has 0 unspecified atom stereocenters. The van der Waals surface area contributed by atoms with E-state index < -0.39 is 18.2 Å². The van der Waals surface area contributed by atoms with Gasteiger partial charge in [-0.05, 0) is 24.1 Å². The Morgan fingerprint density at radius 2 is 2.00 bits per heavy atom. The number of aromatic carboxylic acids is 1. The van der Waals surface area contributed by atoms with Gasteiger partial charge in [0.15, 0.2) is 0 Å². The summed E-state index contributed by atoms with van der Waals surface area (Å²) in [6, 6.07) is 1.51. The summed E-state index contributed by atoms with van der Waals surface area (Å²) in [6.07, 6.45) is -4.58. The predicted octanol–water partition coefficient (Wildman–Crippen LogP) is 2.26.